The van der Waals surface area contributed by atoms with Crippen LogP contribution in [0.25, 0.3) is 0 Å². The van der Waals surface area contributed by atoms with Crippen LogP contribution >= 0.6 is 11.3 Å². The fourth-order valence-electron chi connectivity index (χ4n) is 1.55. The number of sulfonamides is 1. The zero-order valence-electron chi connectivity index (χ0n) is 11.0. The average molecular weight is 321 g/mol. The van der Waals surface area contributed by atoms with Crippen LogP contribution in [-0.2, 0) is 15.8 Å². The van der Waals surface area contributed by atoms with E-state index in [4.69, 9.17) is 5.26 Å². The standard InChI is InChI=1S/C13H11N3O3S2/c1-9(17)12-7-20-13(15-12)16-21(18,19)8-11-4-2-10(6-14)3-5-11/h2-5,7H,8H2,1H3,(H,15,16). The lowest BCUT2D eigenvalue weighted by atomic mass is 10.2. The maximum absolute atomic E-state index is 12.0. The van der Waals surface area contributed by atoms with Gasteiger partial charge in [-0.2, -0.15) is 5.26 Å². The molecule has 8 heteroatoms. The molecule has 0 atom stereocenters. The first kappa shape index (κ1) is 15.2. The quantitative estimate of drug-likeness (QED) is 0.851. The Kier molecular flexibility index (Phi) is 4.35. The first-order chi connectivity index (χ1) is 9.89. The molecule has 0 radical (unpaired) electrons. The Morgan fingerprint density at radius 1 is 1.38 bits per heavy atom. The molecule has 0 bridgehead atoms. The van der Waals surface area contributed by atoms with Crippen molar-refractivity contribution in [1.82, 2.24) is 4.98 Å². The summed E-state index contributed by atoms with van der Waals surface area (Å²) in [6, 6.07) is 8.25. The minimum Gasteiger partial charge on any atom is -0.293 e. The number of nitriles is 1. The van der Waals surface area contributed by atoms with Crippen LogP contribution in [0.3, 0.4) is 0 Å². The van der Waals surface area contributed by atoms with Crippen molar-refractivity contribution in [2.24, 2.45) is 0 Å². The lowest BCUT2D eigenvalue weighted by Crippen LogP contribution is -2.15. The van der Waals surface area contributed by atoms with Crippen molar-refractivity contribution in [1.29, 1.82) is 5.26 Å². The fraction of sp³-hybridized carbons (Fsp3) is 0.154. The van der Waals surface area contributed by atoms with Gasteiger partial charge in [-0.15, -0.1) is 11.3 Å². The van der Waals surface area contributed by atoms with Gasteiger partial charge in [0, 0.05) is 12.3 Å². The Morgan fingerprint density at radius 2 is 2.05 bits per heavy atom. The molecule has 108 valence electrons. The highest BCUT2D eigenvalue weighted by Gasteiger charge is 2.15. The van der Waals surface area contributed by atoms with Gasteiger partial charge in [-0.25, -0.2) is 13.4 Å². The summed E-state index contributed by atoms with van der Waals surface area (Å²) < 4.78 is 26.4. The van der Waals surface area contributed by atoms with Gasteiger partial charge in [-0.1, -0.05) is 12.1 Å². The highest BCUT2D eigenvalue weighted by molar-refractivity contribution is 7.92. The van der Waals surface area contributed by atoms with Gasteiger partial charge in [0.25, 0.3) is 0 Å². The number of ketones is 1. The molecule has 21 heavy (non-hydrogen) atoms. The third-order valence-corrected chi connectivity index (χ3v) is 4.65. The first-order valence-corrected chi connectivity index (χ1v) is 8.39. The Balaban J connectivity index is 2.10. The van der Waals surface area contributed by atoms with Gasteiger partial charge in [0.15, 0.2) is 10.9 Å². The molecule has 0 amide bonds. The zero-order valence-corrected chi connectivity index (χ0v) is 12.7. The normalized spacial score (nSPS) is 10.9. The van der Waals surface area contributed by atoms with Crippen LogP contribution in [0.5, 0.6) is 0 Å². The lowest BCUT2D eigenvalue weighted by Gasteiger charge is -2.05. The number of rotatable bonds is 5. The van der Waals surface area contributed by atoms with Gasteiger partial charge in [0.2, 0.25) is 10.0 Å². The van der Waals surface area contributed by atoms with Crippen LogP contribution in [0.2, 0.25) is 0 Å². The minimum absolute atomic E-state index is 0.161. The highest BCUT2D eigenvalue weighted by Crippen LogP contribution is 2.18. The molecule has 0 saturated carbocycles. The zero-order chi connectivity index (χ0) is 15.5. The predicted molar refractivity (Wildman–Crippen MR) is 79.5 cm³/mol. The largest absolute Gasteiger partial charge is 0.293 e. The number of anilines is 1. The van der Waals surface area contributed by atoms with E-state index in [1.54, 1.807) is 24.3 Å². The van der Waals surface area contributed by atoms with Crippen molar-refractivity contribution in [2.45, 2.75) is 12.7 Å². The number of carbonyl (C=O) groups is 1. The van der Waals surface area contributed by atoms with Crippen LogP contribution < -0.4 is 4.72 Å². The molecule has 6 nitrogen and oxygen atoms in total. The lowest BCUT2D eigenvalue weighted by molar-refractivity contribution is 0.101. The van der Waals surface area contributed by atoms with Crippen molar-refractivity contribution < 1.29 is 13.2 Å². The Bertz CT molecular complexity index is 802. The number of hydrogen-bond donors (Lipinski definition) is 1. The van der Waals surface area contributed by atoms with E-state index < -0.39 is 10.0 Å². The molecule has 1 aromatic heterocycles. The summed E-state index contributed by atoms with van der Waals surface area (Å²) >= 11 is 1.06. The molecule has 0 aliphatic carbocycles. The molecule has 0 saturated heterocycles. The summed E-state index contributed by atoms with van der Waals surface area (Å²) in [5.41, 5.74) is 1.26. The molecule has 2 aromatic rings. The molecule has 0 spiro atoms. The molecule has 1 aromatic carbocycles. The number of Topliss-reactive ketones (excluding diaryl/α,β-unsaturated/α-hetero) is 1. The molecule has 1 N–H and O–H groups in total. The van der Waals surface area contributed by atoms with E-state index >= 15 is 0 Å². The maximum Gasteiger partial charge on any atom is 0.238 e. The van der Waals surface area contributed by atoms with Crippen LogP contribution in [0.4, 0.5) is 5.13 Å². The number of hydrogen-bond acceptors (Lipinski definition) is 6. The summed E-state index contributed by atoms with van der Waals surface area (Å²) in [5, 5.41) is 10.4. The van der Waals surface area contributed by atoms with E-state index in [1.807, 2.05) is 6.07 Å². The number of thiazole rings is 1. The van der Waals surface area contributed by atoms with Crippen molar-refractivity contribution in [3.8, 4) is 6.07 Å². The summed E-state index contributed by atoms with van der Waals surface area (Å²) in [6.45, 7) is 1.37. The van der Waals surface area contributed by atoms with Crippen LogP contribution in [0, 0.1) is 11.3 Å². The number of aromatic nitrogens is 1. The molecule has 0 fully saturated rings. The second kappa shape index (κ2) is 6.03. The van der Waals surface area contributed by atoms with Gasteiger partial charge < -0.3 is 0 Å². The predicted octanol–water partition coefficient (Wildman–Crippen LogP) is 2.16. The van der Waals surface area contributed by atoms with Crippen LogP contribution in [-0.4, -0.2) is 19.2 Å². The van der Waals surface area contributed by atoms with E-state index in [2.05, 4.69) is 9.71 Å². The van der Waals surface area contributed by atoms with E-state index in [0.29, 0.717) is 11.1 Å². The van der Waals surface area contributed by atoms with E-state index in [0.717, 1.165) is 11.3 Å². The average Bonchev–Trinajstić information content (AvgIpc) is 2.87. The Hall–Kier alpha value is -2.24. The minimum atomic E-state index is -3.62. The van der Waals surface area contributed by atoms with E-state index in [1.165, 1.54) is 12.3 Å². The summed E-state index contributed by atoms with van der Waals surface area (Å²) in [6.07, 6.45) is 0. The SMILES string of the molecule is CC(=O)c1csc(NS(=O)(=O)Cc2ccc(C#N)cc2)n1. The fourth-order valence-corrected chi connectivity index (χ4v) is 3.73. The van der Waals surface area contributed by atoms with Crippen molar-refractivity contribution in [3.63, 3.8) is 0 Å². The third-order valence-electron chi connectivity index (χ3n) is 2.55. The van der Waals surface area contributed by atoms with E-state index in [-0.39, 0.29) is 22.4 Å². The van der Waals surface area contributed by atoms with Crippen molar-refractivity contribution in [3.05, 3.63) is 46.5 Å². The van der Waals surface area contributed by atoms with Crippen LogP contribution in [0.15, 0.2) is 29.6 Å². The number of nitrogens with one attached hydrogen (secondary N) is 1. The van der Waals surface area contributed by atoms with Gasteiger partial charge in [-0.05, 0) is 17.7 Å². The topological polar surface area (TPSA) is 99.9 Å². The molecule has 0 aliphatic heterocycles. The van der Waals surface area contributed by atoms with Gasteiger partial charge in [0.1, 0.15) is 5.69 Å². The summed E-state index contributed by atoms with van der Waals surface area (Å²) in [5.74, 6) is -0.447. The molecule has 0 aliphatic rings. The molecular formula is C13H11N3O3S2. The van der Waals surface area contributed by atoms with Gasteiger partial charge in [-0.3, -0.25) is 9.52 Å². The van der Waals surface area contributed by atoms with Gasteiger partial charge >= 0.3 is 0 Å². The third kappa shape index (κ3) is 4.11. The highest BCUT2D eigenvalue weighted by atomic mass is 32.2. The van der Waals surface area contributed by atoms with Crippen molar-refractivity contribution in [2.75, 3.05) is 4.72 Å². The molecule has 0 unspecified atom stereocenters. The van der Waals surface area contributed by atoms with Crippen molar-refractivity contribution >= 4 is 32.3 Å². The number of carbonyl (C=O) groups excluding carboxylic acids is 1. The van der Waals surface area contributed by atoms with E-state index in [9.17, 15) is 13.2 Å². The molecule has 2 rings (SSSR count). The molecule has 1 heterocycles. The second-order valence-electron chi connectivity index (χ2n) is 4.26. The monoisotopic (exact) mass is 321 g/mol. The second-order valence-corrected chi connectivity index (χ2v) is 6.84. The maximum atomic E-state index is 12.0. The number of benzene rings is 1. The number of nitrogens with zero attached hydrogens (tertiary/aromatic N) is 2. The Labute approximate surface area is 126 Å². The summed E-state index contributed by atoms with van der Waals surface area (Å²) in [4.78, 5) is 15.0. The molecular weight excluding hydrogens is 310 g/mol. The Morgan fingerprint density at radius 3 is 2.57 bits per heavy atom. The van der Waals surface area contributed by atoms with Gasteiger partial charge in [0.05, 0.1) is 17.4 Å². The smallest absolute Gasteiger partial charge is 0.238 e. The summed E-state index contributed by atoms with van der Waals surface area (Å²) in [7, 11) is -3.62. The first-order valence-electron chi connectivity index (χ1n) is 5.85. The van der Waals surface area contributed by atoms with Crippen LogP contribution in [0.1, 0.15) is 28.5 Å².